The summed E-state index contributed by atoms with van der Waals surface area (Å²) in [7, 11) is 0. The molecule has 0 saturated heterocycles. The molecular weight excluding hydrogens is 114 g/mol. The van der Waals surface area contributed by atoms with Crippen LogP contribution in [0.1, 0.15) is 0 Å². The molecule has 0 aliphatic rings. The van der Waals surface area contributed by atoms with Gasteiger partial charge in [0.1, 0.15) is 0 Å². The van der Waals surface area contributed by atoms with Gasteiger partial charge in [0.2, 0.25) is 6.79 Å². The number of amides is 1. The monoisotopic (exact) mass is 118 g/mol. The largest absolute Gasteiger partial charge is 0.420 e. The predicted molar refractivity (Wildman–Crippen MR) is 22.3 cm³/mol. The molecular formula is C3H4NO4. The van der Waals surface area contributed by atoms with Gasteiger partial charge in [-0.25, -0.2) is 9.59 Å². The van der Waals surface area contributed by atoms with Gasteiger partial charge in [-0.2, -0.15) is 0 Å². The van der Waals surface area contributed by atoms with Crippen molar-refractivity contribution < 1.29 is 19.1 Å². The third-order valence-electron chi connectivity index (χ3n) is 0.319. The molecule has 0 unspecified atom stereocenters. The van der Waals surface area contributed by atoms with Crippen molar-refractivity contribution in [1.82, 2.24) is 0 Å². The molecule has 0 aliphatic heterocycles. The summed E-state index contributed by atoms with van der Waals surface area (Å²) in [6.07, 6.45) is -0.986. The maximum atomic E-state index is 9.66. The molecule has 0 rings (SSSR count). The number of carbonyl (C=O) groups is 1. The van der Waals surface area contributed by atoms with Crippen LogP contribution in [0.15, 0.2) is 0 Å². The van der Waals surface area contributed by atoms with E-state index in [0.717, 1.165) is 6.47 Å². The van der Waals surface area contributed by atoms with E-state index in [0.29, 0.717) is 0 Å². The van der Waals surface area contributed by atoms with Crippen molar-refractivity contribution in [2.45, 2.75) is 0 Å². The molecule has 5 heteroatoms. The summed E-state index contributed by atoms with van der Waals surface area (Å²) < 4.78 is 7.75. The Morgan fingerprint density at radius 1 is 1.75 bits per heavy atom. The highest BCUT2D eigenvalue weighted by atomic mass is 16.7. The van der Waals surface area contributed by atoms with E-state index < -0.39 is 12.9 Å². The first-order chi connectivity index (χ1) is 3.77. The first-order valence-corrected chi connectivity index (χ1v) is 1.68. The predicted octanol–water partition coefficient (Wildman–Crippen LogP) is -0.877. The summed E-state index contributed by atoms with van der Waals surface area (Å²) in [6, 6.07) is 0. The number of ether oxygens (including phenoxy) is 2. The molecule has 0 heterocycles. The Morgan fingerprint density at radius 2 is 2.38 bits per heavy atom. The van der Waals surface area contributed by atoms with Gasteiger partial charge in [0, 0.05) is 0 Å². The zero-order valence-corrected chi connectivity index (χ0v) is 3.92. The Morgan fingerprint density at radius 3 is 2.75 bits per heavy atom. The highest BCUT2D eigenvalue weighted by Gasteiger charge is 1.89. The Bertz CT molecular complexity index is 91.3. The second kappa shape index (κ2) is 3.91. The lowest BCUT2D eigenvalue weighted by molar-refractivity contribution is 0.0559. The molecule has 5 nitrogen and oxygen atoms in total. The molecule has 0 atom stereocenters. The van der Waals surface area contributed by atoms with Gasteiger partial charge in [-0.3, -0.25) is 0 Å². The van der Waals surface area contributed by atoms with E-state index >= 15 is 0 Å². The summed E-state index contributed by atoms with van der Waals surface area (Å²) in [6.45, 7) is 0.567. The average Bonchev–Trinajstić information content (AvgIpc) is 1.66. The smallest absolute Gasteiger partial charge is 0.419 e. The maximum absolute atomic E-state index is 9.66. The third-order valence-corrected chi connectivity index (χ3v) is 0.319. The van der Waals surface area contributed by atoms with Crippen LogP contribution in [0.4, 0.5) is 4.79 Å². The van der Waals surface area contributed by atoms with Crippen LogP contribution in [0.25, 0.3) is 0 Å². The van der Waals surface area contributed by atoms with Crippen LogP contribution < -0.4 is 5.73 Å². The maximum Gasteiger partial charge on any atom is 0.420 e. The molecule has 1 amide bonds. The standard InChI is InChI=1S/C3H4NO4/c4-3(6)8-2-7-1-5/h2H2,(H2,4,6). The number of nitrogens with two attached hydrogens (primary N) is 1. The van der Waals surface area contributed by atoms with Crippen LogP contribution >= 0.6 is 0 Å². The van der Waals surface area contributed by atoms with Crippen LogP contribution in [0.5, 0.6) is 0 Å². The number of hydrogen-bond acceptors (Lipinski definition) is 4. The lowest BCUT2D eigenvalue weighted by Crippen LogP contribution is -2.14. The van der Waals surface area contributed by atoms with Gasteiger partial charge in [0.15, 0.2) is 0 Å². The van der Waals surface area contributed by atoms with Gasteiger partial charge < -0.3 is 15.2 Å². The SMILES string of the molecule is NC(=O)OCO[C]=O. The van der Waals surface area contributed by atoms with E-state index in [4.69, 9.17) is 0 Å². The normalized spacial score (nSPS) is 7.50. The van der Waals surface area contributed by atoms with E-state index in [9.17, 15) is 9.59 Å². The second-order valence-corrected chi connectivity index (χ2v) is 0.809. The zero-order valence-electron chi connectivity index (χ0n) is 3.92. The topological polar surface area (TPSA) is 78.6 Å². The fourth-order valence-corrected chi connectivity index (χ4v) is 0.112. The molecule has 0 spiro atoms. The van der Waals surface area contributed by atoms with Crippen LogP contribution in [-0.2, 0) is 14.3 Å². The Labute approximate surface area is 45.4 Å². The molecule has 0 aromatic rings. The van der Waals surface area contributed by atoms with Crippen molar-refractivity contribution in [1.29, 1.82) is 0 Å². The van der Waals surface area contributed by atoms with E-state index in [-0.39, 0.29) is 0 Å². The lowest BCUT2D eigenvalue weighted by atomic mass is 11.2. The van der Waals surface area contributed by atoms with E-state index in [2.05, 4.69) is 15.2 Å². The van der Waals surface area contributed by atoms with Crippen molar-refractivity contribution >= 4 is 12.6 Å². The highest BCUT2D eigenvalue weighted by Crippen LogP contribution is 1.71. The molecule has 0 saturated carbocycles. The average molecular weight is 118 g/mol. The van der Waals surface area contributed by atoms with E-state index in [1.54, 1.807) is 0 Å². The van der Waals surface area contributed by atoms with E-state index in [1.165, 1.54) is 0 Å². The van der Waals surface area contributed by atoms with Crippen LogP contribution in [0.2, 0.25) is 0 Å². The van der Waals surface area contributed by atoms with E-state index in [1.807, 2.05) is 0 Å². The van der Waals surface area contributed by atoms with Gasteiger partial charge in [-0.1, -0.05) is 0 Å². The number of carbonyl (C=O) groups excluding carboxylic acids is 2. The number of rotatable bonds is 3. The van der Waals surface area contributed by atoms with Crippen molar-refractivity contribution in [2.24, 2.45) is 5.73 Å². The van der Waals surface area contributed by atoms with Crippen LogP contribution in [-0.4, -0.2) is 19.4 Å². The summed E-state index contributed by atoms with van der Waals surface area (Å²) >= 11 is 0. The van der Waals surface area contributed by atoms with Gasteiger partial charge >= 0.3 is 12.6 Å². The second-order valence-electron chi connectivity index (χ2n) is 0.809. The molecule has 0 aliphatic carbocycles. The molecule has 1 radical (unpaired) electrons. The minimum Gasteiger partial charge on any atom is -0.419 e. The van der Waals surface area contributed by atoms with Crippen molar-refractivity contribution in [3.05, 3.63) is 0 Å². The Hall–Kier alpha value is -1.26. The fourth-order valence-electron chi connectivity index (χ4n) is 0.112. The highest BCUT2D eigenvalue weighted by molar-refractivity contribution is 5.64. The fraction of sp³-hybridized carbons (Fsp3) is 0.333. The Balaban J connectivity index is 2.93. The van der Waals surface area contributed by atoms with Gasteiger partial charge in [0.25, 0.3) is 0 Å². The summed E-state index contributed by atoms with van der Waals surface area (Å²) in [5, 5.41) is 0. The Kier molecular flexibility index (Phi) is 3.30. The summed E-state index contributed by atoms with van der Waals surface area (Å²) in [4.78, 5) is 18.9. The van der Waals surface area contributed by atoms with Crippen molar-refractivity contribution in [3.63, 3.8) is 0 Å². The van der Waals surface area contributed by atoms with Crippen molar-refractivity contribution in [3.8, 4) is 0 Å². The summed E-state index contributed by atoms with van der Waals surface area (Å²) in [5.41, 5.74) is 4.46. The summed E-state index contributed by atoms with van der Waals surface area (Å²) in [5.74, 6) is 0. The van der Waals surface area contributed by atoms with Gasteiger partial charge in [-0.05, 0) is 0 Å². The molecule has 2 N–H and O–H groups in total. The molecule has 0 fully saturated rings. The van der Waals surface area contributed by atoms with Gasteiger partial charge in [-0.15, -0.1) is 0 Å². The molecule has 0 aromatic carbocycles. The minimum atomic E-state index is -0.986. The molecule has 45 valence electrons. The lowest BCUT2D eigenvalue weighted by Gasteiger charge is -1.94. The van der Waals surface area contributed by atoms with Crippen molar-refractivity contribution in [2.75, 3.05) is 6.79 Å². The molecule has 0 aromatic heterocycles. The van der Waals surface area contributed by atoms with Gasteiger partial charge in [0.05, 0.1) is 0 Å². The number of hydrogen-bond donors (Lipinski definition) is 1. The molecule has 0 bridgehead atoms. The van der Waals surface area contributed by atoms with Crippen LogP contribution in [0, 0.1) is 0 Å². The first-order valence-electron chi connectivity index (χ1n) is 1.68. The third kappa shape index (κ3) is 4.74. The first kappa shape index (κ1) is 6.74. The molecule has 8 heavy (non-hydrogen) atoms. The number of primary amides is 1. The quantitative estimate of drug-likeness (QED) is 0.385. The zero-order chi connectivity index (χ0) is 6.41. The minimum absolute atomic E-state index is 0.473. The van der Waals surface area contributed by atoms with Crippen LogP contribution in [0.3, 0.4) is 0 Å².